The molecule has 1 aliphatic heterocycles. The van der Waals surface area contributed by atoms with E-state index in [1.54, 1.807) is 30.3 Å². The van der Waals surface area contributed by atoms with E-state index in [-0.39, 0.29) is 19.6 Å². The maximum Gasteiger partial charge on any atom is 0.401 e. The first kappa shape index (κ1) is 18.3. The summed E-state index contributed by atoms with van der Waals surface area (Å²) < 4.78 is 58.5. The quantitative estimate of drug-likeness (QED) is 0.676. The fourth-order valence-corrected chi connectivity index (χ4v) is 5.31. The summed E-state index contributed by atoms with van der Waals surface area (Å²) in [5.74, 6) is -4.48. The van der Waals surface area contributed by atoms with Crippen LogP contribution >= 0.6 is 0 Å². The lowest BCUT2D eigenvalue weighted by Gasteiger charge is -2.27. The molecule has 10 heteroatoms. The lowest BCUT2D eigenvalue weighted by molar-refractivity contribution is -0.171. The molecule has 1 aromatic rings. The molecule has 0 N–H and O–H groups in total. The number of esters is 2. The van der Waals surface area contributed by atoms with Crippen LogP contribution in [0.15, 0.2) is 30.3 Å². The van der Waals surface area contributed by atoms with Crippen molar-refractivity contribution in [2.24, 2.45) is 11.8 Å². The summed E-state index contributed by atoms with van der Waals surface area (Å²) in [6.45, 7) is 1.31. The Hall–Kier alpha value is -2.04. The van der Waals surface area contributed by atoms with Crippen LogP contribution in [-0.4, -0.2) is 44.3 Å². The molecule has 1 saturated heterocycles. The first-order chi connectivity index (χ1) is 12.8. The number of hydrogen-bond acceptors (Lipinski definition) is 8. The number of halogens is 1. The molecule has 3 aliphatic rings. The Bertz CT molecular complexity index is 887. The van der Waals surface area contributed by atoms with Crippen molar-refractivity contribution in [1.82, 2.24) is 0 Å². The zero-order valence-corrected chi connectivity index (χ0v) is 15.1. The largest absolute Gasteiger partial charge is 0.464 e. The average Bonchev–Trinajstić information content (AvgIpc) is 2.93. The zero-order chi connectivity index (χ0) is 19.4. The summed E-state index contributed by atoms with van der Waals surface area (Å²) in [6, 6.07) is 8.67. The van der Waals surface area contributed by atoms with Crippen LogP contribution in [0, 0.1) is 11.8 Å². The van der Waals surface area contributed by atoms with E-state index in [1.807, 2.05) is 0 Å². The third-order valence-electron chi connectivity index (χ3n) is 5.29. The predicted molar refractivity (Wildman–Crippen MR) is 85.9 cm³/mol. The van der Waals surface area contributed by atoms with Crippen LogP contribution in [0.3, 0.4) is 0 Å². The van der Waals surface area contributed by atoms with Gasteiger partial charge in [-0.15, -0.1) is 0 Å². The highest BCUT2D eigenvalue weighted by Gasteiger charge is 2.90. The van der Waals surface area contributed by atoms with Gasteiger partial charge in [0.2, 0.25) is 11.3 Å². The molecule has 1 aromatic carbocycles. The second-order valence-corrected chi connectivity index (χ2v) is 7.92. The summed E-state index contributed by atoms with van der Waals surface area (Å²) in [4.78, 5) is 24.8. The van der Waals surface area contributed by atoms with Crippen molar-refractivity contribution in [2.45, 2.75) is 37.3 Å². The number of carbonyl (C=O) groups is 2. The minimum atomic E-state index is -4.51. The Morgan fingerprint density at radius 3 is 2.59 bits per heavy atom. The van der Waals surface area contributed by atoms with Crippen molar-refractivity contribution < 1.29 is 40.2 Å². The standard InChI is InChI=1S/C17H17FO8S/c1-2-23-14(19)16(18)11-8-12-17(13(11)16,26-27(21,22)25-12)15(20)24-9-10-6-4-3-5-7-10/h3-7,11-13H,2,8-9H2,1H3. The molecular weight excluding hydrogens is 383 g/mol. The van der Waals surface area contributed by atoms with Crippen LogP contribution in [0.2, 0.25) is 0 Å². The topological polar surface area (TPSA) is 105 Å². The third kappa shape index (κ3) is 2.58. The minimum Gasteiger partial charge on any atom is -0.464 e. The minimum absolute atomic E-state index is 0.0471. The Labute approximate surface area is 154 Å². The van der Waals surface area contributed by atoms with Gasteiger partial charge in [0.1, 0.15) is 12.7 Å². The molecule has 0 radical (unpaired) electrons. The van der Waals surface area contributed by atoms with E-state index in [0.717, 1.165) is 0 Å². The van der Waals surface area contributed by atoms with Crippen LogP contribution in [-0.2, 0) is 44.4 Å². The highest BCUT2D eigenvalue weighted by molar-refractivity contribution is 7.82. The monoisotopic (exact) mass is 400 g/mol. The molecule has 3 fully saturated rings. The van der Waals surface area contributed by atoms with Crippen LogP contribution in [0.5, 0.6) is 0 Å². The van der Waals surface area contributed by atoms with E-state index >= 15 is 4.39 Å². The van der Waals surface area contributed by atoms with Crippen molar-refractivity contribution in [3.63, 3.8) is 0 Å². The Morgan fingerprint density at radius 2 is 1.93 bits per heavy atom. The molecule has 2 aliphatic carbocycles. The number of alkyl halides is 1. The number of hydrogen-bond donors (Lipinski definition) is 0. The number of ether oxygens (including phenoxy) is 2. The smallest absolute Gasteiger partial charge is 0.401 e. The summed E-state index contributed by atoms with van der Waals surface area (Å²) in [5.41, 5.74) is -4.07. The summed E-state index contributed by atoms with van der Waals surface area (Å²) in [6.07, 6.45) is -1.40. The molecule has 2 saturated carbocycles. The van der Waals surface area contributed by atoms with Crippen molar-refractivity contribution in [1.29, 1.82) is 0 Å². The van der Waals surface area contributed by atoms with Gasteiger partial charge in [-0.3, -0.25) is 0 Å². The highest BCUT2D eigenvalue weighted by atomic mass is 32.3. The molecular formula is C17H17FO8S. The van der Waals surface area contributed by atoms with Crippen LogP contribution < -0.4 is 0 Å². The van der Waals surface area contributed by atoms with Gasteiger partial charge in [-0.1, -0.05) is 30.3 Å². The van der Waals surface area contributed by atoms with Crippen molar-refractivity contribution in [3.05, 3.63) is 35.9 Å². The van der Waals surface area contributed by atoms with Crippen molar-refractivity contribution in [2.75, 3.05) is 6.61 Å². The lowest BCUT2D eigenvalue weighted by Crippen LogP contribution is -2.52. The Morgan fingerprint density at radius 1 is 1.22 bits per heavy atom. The molecule has 0 amide bonds. The summed E-state index contributed by atoms with van der Waals surface area (Å²) in [7, 11) is -4.51. The van der Waals surface area contributed by atoms with E-state index in [9.17, 15) is 18.0 Å². The number of fused-ring (bicyclic) bond motifs is 3. The summed E-state index contributed by atoms with van der Waals surface area (Å²) in [5, 5.41) is 0. The van der Waals surface area contributed by atoms with E-state index in [4.69, 9.17) is 17.8 Å². The van der Waals surface area contributed by atoms with Gasteiger partial charge in [-0.25, -0.2) is 22.3 Å². The van der Waals surface area contributed by atoms with Gasteiger partial charge in [0.05, 0.1) is 12.5 Å². The fourth-order valence-electron chi connectivity index (χ4n) is 4.14. The van der Waals surface area contributed by atoms with E-state index in [1.165, 1.54) is 6.92 Å². The van der Waals surface area contributed by atoms with Gasteiger partial charge in [0.25, 0.3) is 0 Å². The van der Waals surface area contributed by atoms with Crippen molar-refractivity contribution in [3.8, 4) is 0 Å². The normalized spacial score (nSPS) is 37.9. The van der Waals surface area contributed by atoms with E-state index in [0.29, 0.717) is 5.56 Å². The second kappa shape index (κ2) is 5.98. The summed E-state index contributed by atoms with van der Waals surface area (Å²) >= 11 is 0. The maximum absolute atomic E-state index is 15.2. The van der Waals surface area contributed by atoms with E-state index in [2.05, 4.69) is 0 Å². The second-order valence-electron chi connectivity index (χ2n) is 6.74. The van der Waals surface area contributed by atoms with Crippen LogP contribution in [0.1, 0.15) is 18.9 Å². The molecule has 0 bridgehead atoms. The van der Waals surface area contributed by atoms with Crippen molar-refractivity contribution >= 4 is 22.3 Å². The molecule has 27 heavy (non-hydrogen) atoms. The molecule has 1 heterocycles. The first-order valence-electron chi connectivity index (χ1n) is 8.47. The number of carbonyl (C=O) groups excluding carboxylic acids is 2. The SMILES string of the molecule is CCOC(=O)C1(F)C2CC3OS(=O)(=O)OC3(C(=O)OCc3ccccc3)C21. The number of benzene rings is 1. The fraction of sp³-hybridized carbons (Fsp3) is 0.529. The Balaban J connectivity index is 1.62. The van der Waals surface area contributed by atoms with Crippen LogP contribution in [0.4, 0.5) is 4.39 Å². The van der Waals surface area contributed by atoms with Gasteiger partial charge < -0.3 is 9.47 Å². The molecule has 5 atom stereocenters. The van der Waals surface area contributed by atoms with Crippen LogP contribution in [0.25, 0.3) is 0 Å². The van der Waals surface area contributed by atoms with E-state index < -0.39 is 51.5 Å². The number of rotatable bonds is 5. The zero-order valence-electron chi connectivity index (χ0n) is 14.3. The third-order valence-corrected chi connectivity index (χ3v) is 6.24. The van der Waals surface area contributed by atoms with Gasteiger partial charge >= 0.3 is 22.3 Å². The van der Waals surface area contributed by atoms with Gasteiger partial charge in [0.15, 0.2) is 0 Å². The molecule has 0 aromatic heterocycles. The van der Waals surface area contributed by atoms with Gasteiger partial charge in [0, 0.05) is 5.92 Å². The maximum atomic E-state index is 15.2. The highest BCUT2D eigenvalue weighted by Crippen LogP contribution is 2.71. The first-order valence-corrected chi connectivity index (χ1v) is 9.80. The molecule has 146 valence electrons. The van der Waals surface area contributed by atoms with Gasteiger partial charge in [-0.2, -0.15) is 8.42 Å². The molecule has 8 nitrogen and oxygen atoms in total. The average molecular weight is 400 g/mol. The molecule has 5 unspecified atom stereocenters. The Kier molecular flexibility index (Phi) is 4.06. The molecule has 4 rings (SSSR count). The predicted octanol–water partition coefficient (Wildman–Crippen LogP) is 1.05. The van der Waals surface area contributed by atoms with Gasteiger partial charge in [-0.05, 0) is 18.9 Å². The molecule has 0 spiro atoms. The lowest BCUT2D eigenvalue weighted by atomic mass is 9.90.